The van der Waals surface area contributed by atoms with Crippen molar-refractivity contribution in [2.24, 2.45) is 0 Å². The topological polar surface area (TPSA) is 90.0 Å². The van der Waals surface area contributed by atoms with E-state index in [-0.39, 0.29) is 5.91 Å². The van der Waals surface area contributed by atoms with Crippen molar-refractivity contribution in [2.75, 3.05) is 5.32 Å². The van der Waals surface area contributed by atoms with E-state index < -0.39 is 11.8 Å². The second-order valence-electron chi connectivity index (χ2n) is 5.59. The number of benzene rings is 1. The van der Waals surface area contributed by atoms with Gasteiger partial charge >= 0.3 is 5.76 Å². The molecule has 1 saturated carbocycles. The maximum Gasteiger partial charge on any atom is 0.420 e. The van der Waals surface area contributed by atoms with Gasteiger partial charge in [-0.15, -0.1) is 10.2 Å². The predicted octanol–water partition coefficient (Wildman–Crippen LogP) is 2.52. The molecule has 3 aromatic rings. The summed E-state index contributed by atoms with van der Waals surface area (Å²) in [6.45, 7) is 1.65. The number of para-hydroxylation sites is 2. The van der Waals surface area contributed by atoms with Gasteiger partial charge in [-0.2, -0.15) is 0 Å². The van der Waals surface area contributed by atoms with Gasteiger partial charge < -0.3 is 4.42 Å². The Morgan fingerprint density at radius 1 is 1.39 bits per heavy atom. The Kier molecular flexibility index (Phi) is 3.26. The van der Waals surface area contributed by atoms with Crippen LogP contribution in [0, 0.1) is 0 Å². The molecule has 1 atom stereocenters. The Bertz CT molecular complexity index is 937. The van der Waals surface area contributed by atoms with Gasteiger partial charge in [-0.05, 0) is 31.9 Å². The Balaban J connectivity index is 1.59. The zero-order valence-electron chi connectivity index (χ0n) is 12.4. The van der Waals surface area contributed by atoms with Crippen LogP contribution in [0.2, 0.25) is 0 Å². The van der Waals surface area contributed by atoms with Crippen molar-refractivity contribution >= 4 is 33.5 Å². The highest BCUT2D eigenvalue weighted by molar-refractivity contribution is 7.15. The zero-order chi connectivity index (χ0) is 16.0. The predicted molar refractivity (Wildman–Crippen MR) is 85.7 cm³/mol. The van der Waals surface area contributed by atoms with Crippen LogP contribution in [0.5, 0.6) is 0 Å². The molecule has 4 rings (SSSR count). The summed E-state index contributed by atoms with van der Waals surface area (Å²) in [5.74, 6) is -0.377. The molecule has 1 N–H and O–H groups in total. The summed E-state index contributed by atoms with van der Waals surface area (Å²) >= 11 is 1.39. The highest BCUT2D eigenvalue weighted by Gasteiger charge is 2.28. The van der Waals surface area contributed by atoms with Crippen LogP contribution in [-0.4, -0.2) is 20.7 Å². The van der Waals surface area contributed by atoms with Crippen molar-refractivity contribution in [3.8, 4) is 0 Å². The lowest BCUT2D eigenvalue weighted by atomic mass is 10.2. The highest BCUT2D eigenvalue weighted by Crippen LogP contribution is 2.42. The van der Waals surface area contributed by atoms with Crippen LogP contribution < -0.4 is 11.1 Å². The van der Waals surface area contributed by atoms with Gasteiger partial charge in [-0.1, -0.05) is 23.5 Å². The van der Waals surface area contributed by atoms with Gasteiger partial charge in [0.25, 0.3) is 0 Å². The first-order valence-electron chi connectivity index (χ1n) is 7.38. The van der Waals surface area contributed by atoms with E-state index in [0.717, 1.165) is 17.8 Å². The molecule has 2 aromatic heterocycles. The van der Waals surface area contributed by atoms with E-state index in [2.05, 4.69) is 15.5 Å². The van der Waals surface area contributed by atoms with Gasteiger partial charge in [0.2, 0.25) is 11.0 Å². The fourth-order valence-corrected chi connectivity index (χ4v) is 3.37. The molecule has 8 heteroatoms. The second kappa shape index (κ2) is 5.31. The number of carbonyl (C=O) groups is 1. The Morgan fingerprint density at radius 3 is 2.96 bits per heavy atom. The van der Waals surface area contributed by atoms with Gasteiger partial charge in [-0.25, -0.2) is 4.79 Å². The molecule has 1 aliphatic carbocycles. The standard InChI is InChI=1S/C15H14N4O3S/c1-8(19-10-4-2-3-5-11(10)22-15(19)21)12(20)16-14-18-17-13(23-14)9-6-7-9/h2-5,8-9H,6-7H2,1H3,(H,16,18,20). The zero-order valence-corrected chi connectivity index (χ0v) is 13.2. The molecule has 1 amide bonds. The average Bonchev–Trinajstić information content (AvgIpc) is 3.19. The summed E-state index contributed by atoms with van der Waals surface area (Å²) in [7, 11) is 0. The molecule has 7 nitrogen and oxygen atoms in total. The lowest BCUT2D eigenvalue weighted by Crippen LogP contribution is -2.29. The number of oxazole rings is 1. The number of rotatable bonds is 4. The molecular weight excluding hydrogens is 316 g/mol. The van der Waals surface area contributed by atoms with Crippen LogP contribution in [-0.2, 0) is 4.79 Å². The second-order valence-corrected chi connectivity index (χ2v) is 6.60. The summed E-state index contributed by atoms with van der Waals surface area (Å²) in [4.78, 5) is 24.5. The van der Waals surface area contributed by atoms with E-state index in [9.17, 15) is 9.59 Å². The van der Waals surface area contributed by atoms with Crippen molar-refractivity contribution in [1.82, 2.24) is 14.8 Å². The molecule has 0 saturated heterocycles. The van der Waals surface area contributed by atoms with Crippen LogP contribution in [0.1, 0.15) is 36.7 Å². The molecule has 0 spiro atoms. The number of hydrogen-bond donors (Lipinski definition) is 1. The molecule has 1 fully saturated rings. The van der Waals surface area contributed by atoms with Crippen LogP contribution in [0.25, 0.3) is 11.1 Å². The van der Waals surface area contributed by atoms with Crippen molar-refractivity contribution < 1.29 is 9.21 Å². The van der Waals surface area contributed by atoms with Crippen molar-refractivity contribution in [3.63, 3.8) is 0 Å². The maximum absolute atomic E-state index is 12.4. The van der Waals surface area contributed by atoms with Gasteiger partial charge in [0, 0.05) is 5.92 Å². The lowest BCUT2D eigenvalue weighted by molar-refractivity contribution is -0.118. The maximum atomic E-state index is 12.4. The number of fused-ring (bicyclic) bond motifs is 1. The smallest absolute Gasteiger partial charge is 0.408 e. The number of hydrogen-bond acceptors (Lipinski definition) is 6. The molecule has 118 valence electrons. The molecule has 0 aliphatic heterocycles. The van der Waals surface area contributed by atoms with Gasteiger partial charge in [0.15, 0.2) is 5.58 Å². The van der Waals surface area contributed by atoms with E-state index in [1.165, 1.54) is 15.9 Å². The number of amides is 1. The molecule has 1 unspecified atom stereocenters. The third-order valence-corrected chi connectivity index (χ3v) is 4.88. The SMILES string of the molecule is CC(C(=O)Nc1nnc(C2CC2)s1)n1c(=O)oc2ccccc21. The minimum absolute atomic E-state index is 0.322. The largest absolute Gasteiger partial charge is 0.420 e. The molecular formula is C15H14N4O3S. The Hall–Kier alpha value is -2.48. The monoisotopic (exact) mass is 330 g/mol. The van der Waals surface area contributed by atoms with E-state index >= 15 is 0 Å². The van der Waals surface area contributed by atoms with Crippen molar-refractivity contribution in [3.05, 3.63) is 39.8 Å². The van der Waals surface area contributed by atoms with Gasteiger partial charge in [0.05, 0.1) is 5.52 Å². The number of anilines is 1. The molecule has 0 bridgehead atoms. The number of nitrogens with one attached hydrogen (secondary N) is 1. The van der Waals surface area contributed by atoms with Crippen LogP contribution in [0.4, 0.5) is 5.13 Å². The number of aromatic nitrogens is 3. The third kappa shape index (κ3) is 2.55. The fourth-order valence-electron chi connectivity index (χ4n) is 2.46. The van der Waals surface area contributed by atoms with E-state index in [4.69, 9.17) is 4.42 Å². The van der Waals surface area contributed by atoms with E-state index in [0.29, 0.717) is 22.1 Å². The first kappa shape index (κ1) is 14.1. The minimum Gasteiger partial charge on any atom is -0.408 e. The van der Waals surface area contributed by atoms with E-state index in [1.54, 1.807) is 31.2 Å². The van der Waals surface area contributed by atoms with Crippen LogP contribution in [0.15, 0.2) is 33.5 Å². The molecule has 1 aliphatic rings. The summed E-state index contributed by atoms with van der Waals surface area (Å²) in [5.41, 5.74) is 1.06. The average molecular weight is 330 g/mol. The number of carbonyl (C=O) groups excluding carboxylic acids is 1. The molecule has 1 aromatic carbocycles. The third-order valence-electron chi connectivity index (χ3n) is 3.88. The fraction of sp³-hybridized carbons (Fsp3) is 0.333. The summed E-state index contributed by atoms with van der Waals surface area (Å²) in [6.07, 6.45) is 2.27. The summed E-state index contributed by atoms with van der Waals surface area (Å²) < 4.78 is 6.51. The highest BCUT2D eigenvalue weighted by atomic mass is 32.1. The molecule has 23 heavy (non-hydrogen) atoms. The molecule has 0 radical (unpaired) electrons. The quantitative estimate of drug-likeness (QED) is 0.794. The van der Waals surface area contributed by atoms with Gasteiger partial charge in [0.1, 0.15) is 11.0 Å². The van der Waals surface area contributed by atoms with E-state index in [1.807, 2.05) is 0 Å². The first-order chi connectivity index (χ1) is 11.1. The van der Waals surface area contributed by atoms with Crippen LogP contribution >= 0.6 is 11.3 Å². The Morgan fingerprint density at radius 2 is 2.17 bits per heavy atom. The first-order valence-corrected chi connectivity index (χ1v) is 8.19. The summed E-state index contributed by atoms with van der Waals surface area (Å²) in [5, 5.41) is 12.2. The van der Waals surface area contributed by atoms with Crippen molar-refractivity contribution in [1.29, 1.82) is 0 Å². The lowest BCUT2D eigenvalue weighted by Gasteiger charge is -2.11. The van der Waals surface area contributed by atoms with Crippen LogP contribution in [0.3, 0.4) is 0 Å². The normalized spacial score (nSPS) is 15.7. The number of nitrogens with zero attached hydrogens (tertiary/aromatic N) is 3. The molecule has 2 heterocycles. The minimum atomic E-state index is -0.709. The van der Waals surface area contributed by atoms with Crippen molar-refractivity contribution in [2.45, 2.75) is 31.7 Å². The Labute approximate surface area is 134 Å². The summed E-state index contributed by atoms with van der Waals surface area (Å²) in [6, 6.07) is 6.32. The van der Waals surface area contributed by atoms with Gasteiger partial charge in [-0.3, -0.25) is 14.7 Å².